The Hall–Kier alpha value is -1.06. The van der Waals surface area contributed by atoms with Gasteiger partial charge in [0.05, 0.1) is 22.7 Å². The van der Waals surface area contributed by atoms with Crippen LogP contribution in [-0.2, 0) is 4.79 Å². The molecular formula is C15H16Cl2N2O. The normalized spacial score (nSPS) is 27.8. The topological polar surface area (TPSA) is 41.5 Å². The van der Waals surface area contributed by atoms with E-state index in [4.69, 9.17) is 23.2 Å². The van der Waals surface area contributed by atoms with E-state index in [2.05, 4.69) is 24.4 Å². The Balaban J connectivity index is 1.95. The Morgan fingerprint density at radius 2 is 2.10 bits per heavy atom. The van der Waals surface area contributed by atoms with Crippen molar-refractivity contribution in [3.05, 3.63) is 33.8 Å². The van der Waals surface area contributed by atoms with Gasteiger partial charge in [-0.25, -0.2) is 0 Å². The third-order valence-corrected chi connectivity index (χ3v) is 4.57. The molecular weight excluding hydrogens is 295 g/mol. The molecule has 2 atom stereocenters. The molecule has 3 rings (SSSR count). The number of hydrogen-bond donors (Lipinski definition) is 1. The quantitative estimate of drug-likeness (QED) is 0.859. The maximum Gasteiger partial charge on any atom is 0.144 e. The lowest BCUT2D eigenvalue weighted by Crippen LogP contribution is -2.45. The molecule has 1 aliphatic carbocycles. The fourth-order valence-corrected chi connectivity index (χ4v) is 3.71. The monoisotopic (exact) mass is 310 g/mol. The molecule has 1 saturated carbocycles. The van der Waals surface area contributed by atoms with Crippen LogP contribution in [0.5, 0.6) is 0 Å². The molecule has 1 aromatic carbocycles. The summed E-state index contributed by atoms with van der Waals surface area (Å²) < 4.78 is 0. The summed E-state index contributed by atoms with van der Waals surface area (Å²) in [6.45, 7) is 4.24. The molecule has 1 heterocycles. The van der Waals surface area contributed by atoms with Crippen molar-refractivity contribution >= 4 is 34.7 Å². The zero-order valence-corrected chi connectivity index (χ0v) is 12.9. The van der Waals surface area contributed by atoms with Crippen LogP contribution in [-0.4, -0.2) is 17.5 Å². The average Bonchev–Trinajstić information content (AvgIpc) is 2.71. The molecule has 106 valence electrons. The summed E-state index contributed by atoms with van der Waals surface area (Å²) >= 11 is 12.2. The standard InChI is InChI=1S/C15H16Cl2N2O/c1-15(2)6-11-13(12(20)7-15)14(19-18-11)9-4-3-8(16)5-10(9)17/h3-5,11,13,18H,6-7H2,1-2H3/t11-,13+/m1/s1. The van der Waals surface area contributed by atoms with E-state index in [1.807, 2.05) is 6.07 Å². The van der Waals surface area contributed by atoms with Gasteiger partial charge >= 0.3 is 0 Å². The predicted molar refractivity (Wildman–Crippen MR) is 81.4 cm³/mol. The number of Topliss-reactive ketones (excluding diaryl/α,β-unsaturated/α-hetero) is 1. The zero-order chi connectivity index (χ0) is 14.5. The van der Waals surface area contributed by atoms with Crippen molar-refractivity contribution in [2.45, 2.75) is 32.7 Å². The minimum absolute atomic E-state index is 0.0278. The molecule has 0 bridgehead atoms. The van der Waals surface area contributed by atoms with Crippen molar-refractivity contribution in [1.29, 1.82) is 0 Å². The summed E-state index contributed by atoms with van der Waals surface area (Å²) in [6.07, 6.45) is 1.52. The number of rotatable bonds is 1. The molecule has 20 heavy (non-hydrogen) atoms. The van der Waals surface area contributed by atoms with Gasteiger partial charge in [-0.15, -0.1) is 0 Å². The largest absolute Gasteiger partial charge is 0.306 e. The van der Waals surface area contributed by atoms with E-state index in [0.717, 1.165) is 17.7 Å². The molecule has 0 aromatic heterocycles. The molecule has 1 aliphatic heterocycles. The highest BCUT2D eigenvalue weighted by Crippen LogP contribution is 2.40. The van der Waals surface area contributed by atoms with Gasteiger partial charge in [-0.2, -0.15) is 5.10 Å². The minimum atomic E-state index is -0.193. The average molecular weight is 311 g/mol. The number of halogens is 2. The Bertz CT molecular complexity index is 610. The van der Waals surface area contributed by atoms with Crippen LogP contribution >= 0.6 is 23.2 Å². The van der Waals surface area contributed by atoms with Gasteiger partial charge in [-0.3, -0.25) is 4.79 Å². The molecule has 0 radical (unpaired) electrons. The predicted octanol–water partition coefficient (Wildman–Crippen LogP) is 3.67. The fourth-order valence-electron chi connectivity index (χ4n) is 3.20. The third kappa shape index (κ3) is 2.33. The Morgan fingerprint density at radius 1 is 1.35 bits per heavy atom. The van der Waals surface area contributed by atoms with Crippen molar-refractivity contribution in [2.24, 2.45) is 16.4 Å². The lowest BCUT2D eigenvalue weighted by molar-refractivity contribution is -0.126. The molecule has 0 amide bonds. The first kappa shape index (κ1) is 13.9. The van der Waals surface area contributed by atoms with Gasteiger partial charge in [0.25, 0.3) is 0 Å². The van der Waals surface area contributed by atoms with Crippen LogP contribution in [0.3, 0.4) is 0 Å². The summed E-state index contributed by atoms with van der Waals surface area (Å²) in [5, 5.41) is 5.49. The molecule has 1 fully saturated rings. The Morgan fingerprint density at radius 3 is 2.80 bits per heavy atom. The van der Waals surface area contributed by atoms with Gasteiger partial charge in [0, 0.05) is 17.0 Å². The van der Waals surface area contributed by atoms with Crippen molar-refractivity contribution in [2.75, 3.05) is 0 Å². The SMILES string of the molecule is CC1(C)CC(=O)[C@H]2C(c3ccc(Cl)cc3Cl)=NN[C@@H]2C1. The maximum absolute atomic E-state index is 12.5. The molecule has 1 aromatic rings. The number of ketones is 1. The van der Waals surface area contributed by atoms with E-state index in [-0.39, 0.29) is 23.2 Å². The molecule has 5 heteroatoms. The summed E-state index contributed by atoms with van der Waals surface area (Å²) in [5.41, 5.74) is 4.68. The van der Waals surface area contributed by atoms with Crippen LogP contribution in [0.25, 0.3) is 0 Å². The second-order valence-corrected chi connectivity index (χ2v) is 7.19. The summed E-state index contributed by atoms with van der Waals surface area (Å²) in [5.74, 6) is 0.0442. The van der Waals surface area contributed by atoms with Crippen LogP contribution in [0.1, 0.15) is 32.3 Å². The van der Waals surface area contributed by atoms with Crippen molar-refractivity contribution < 1.29 is 4.79 Å². The number of carbonyl (C=O) groups is 1. The fraction of sp³-hybridized carbons (Fsp3) is 0.467. The summed E-state index contributed by atoms with van der Waals surface area (Å²) in [6, 6.07) is 5.37. The van der Waals surface area contributed by atoms with Gasteiger partial charge in [-0.05, 0) is 24.0 Å². The Kier molecular flexibility index (Phi) is 3.30. The molecule has 0 spiro atoms. The number of nitrogens with zero attached hydrogens (tertiary/aromatic N) is 1. The molecule has 1 N–H and O–H groups in total. The van der Waals surface area contributed by atoms with Gasteiger partial charge in [0.1, 0.15) is 5.78 Å². The first-order chi connectivity index (χ1) is 9.37. The number of carbonyl (C=O) groups excluding carboxylic acids is 1. The van der Waals surface area contributed by atoms with E-state index >= 15 is 0 Å². The second-order valence-electron chi connectivity index (χ2n) is 6.35. The van der Waals surface area contributed by atoms with Gasteiger partial charge < -0.3 is 5.43 Å². The highest BCUT2D eigenvalue weighted by atomic mass is 35.5. The first-order valence-corrected chi connectivity index (χ1v) is 7.44. The highest BCUT2D eigenvalue weighted by Gasteiger charge is 2.46. The van der Waals surface area contributed by atoms with Crippen LogP contribution in [0.4, 0.5) is 0 Å². The van der Waals surface area contributed by atoms with Crippen molar-refractivity contribution in [3.63, 3.8) is 0 Å². The van der Waals surface area contributed by atoms with Crippen LogP contribution < -0.4 is 5.43 Å². The van der Waals surface area contributed by atoms with Gasteiger partial charge in [0.15, 0.2) is 0 Å². The number of fused-ring (bicyclic) bond motifs is 1. The highest BCUT2D eigenvalue weighted by molar-refractivity contribution is 6.37. The van der Waals surface area contributed by atoms with E-state index in [9.17, 15) is 4.79 Å². The summed E-state index contributed by atoms with van der Waals surface area (Å²) in [7, 11) is 0. The van der Waals surface area contributed by atoms with Gasteiger partial charge in [0.2, 0.25) is 0 Å². The Labute approximate surface area is 128 Å². The van der Waals surface area contributed by atoms with E-state index in [0.29, 0.717) is 16.5 Å². The van der Waals surface area contributed by atoms with Gasteiger partial charge in [-0.1, -0.05) is 43.1 Å². The summed E-state index contributed by atoms with van der Waals surface area (Å²) in [4.78, 5) is 12.5. The lowest BCUT2D eigenvalue weighted by Gasteiger charge is -2.36. The van der Waals surface area contributed by atoms with Crippen molar-refractivity contribution in [3.8, 4) is 0 Å². The number of hydrogen-bond acceptors (Lipinski definition) is 3. The maximum atomic E-state index is 12.5. The van der Waals surface area contributed by atoms with E-state index in [1.165, 1.54) is 0 Å². The minimum Gasteiger partial charge on any atom is -0.306 e. The van der Waals surface area contributed by atoms with Crippen molar-refractivity contribution in [1.82, 2.24) is 5.43 Å². The number of hydrazone groups is 1. The molecule has 0 saturated heterocycles. The number of nitrogens with one attached hydrogen (secondary N) is 1. The molecule has 2 aliphatic rings. The third-order valence-electron chi connectivity index (χ3n) is 4.03. The van der Waals surface area contributed by atoms with Crippen LogP contribution in [0.15, 0.2) is 23.3 Å². The molecule has 0 unspecified atom stereocenters. The lowest BCUT2D eigenvalue weighted by atomic mass is 9.68. The van der Waals surface area contributed by atoms with Crippen LogP contribution in [0, 0.1) is 11.3 Å². The second kappa shape index (κ2) is 4.74. The number of benzene rings is 1. The van der Waals surface area contributed by atoms with E-state index in [1.54, 1.807) is 12.1 Å². The molecule has 3 nitrogen and oxygen atoms in total. The smallest absolute Gasteiger partial charge is 0.144 e. The van der Waals surface area contributed by atoms with Crippen LogP contribution in [0.2, 0.25) is 10.0 Å². The first-order valence-electron chi connectivity index (χ1n) is 6.69. The zero-order valence-electron chi connectivity index (χ0n) is 11.4. The van der Waals surface area contributed by atoms with E-state index < -0.39 is 0 Å².